The van der Waals surface area contributed by atoms with E-state index in [1.165, 1.54) is 50.5 Å². The summed E-state index contributed by atoms with van der Waals surface area (Å²) < 4.78 is 11.8. The lowest BCUT2D eigenvalue weighted by molar-refractivity contribution is -0.250. The molecule has 0 aromatic rings. The minimum atomic E-state index is -0.885. The number of esters is 2. The summed E-state index contributed by atoms with van der Waals surface area (Å²) in [6.45, 7) is 23.3. The number of fused-ring (bicyclic) bond motifs is 7. The second-order valence-corrected chi connectivity index (χ2v) is 19.5. The second kappa shape index (κ2) is 13.4. The lowest BCUT2D eigenvalue weighted by atomic mass is 9.32. The van der Waals surface area contributed by atoms with Crippen molar-refractivity contribution in [1.82, 2.24) is 0 Å². The number of rotatable bonds is 11. The maximum absolute atomic E-state index is 13.2. The third-order valence-electron chi connectivity index (χ3n) is 16.0. The molecular formula is C43H66O6. The Hall–Kier alpha value is -2.29. The summed E-state index contributed by atoms with van der Waals surface area (Å²) >= 11 is 0. The SMILES string of the molecule is C#CCCOC(=O)CC[C@]12CC[C@@H](C(=C)C)[C@@H]1[C@H]1CC[C@@H]3[C@@]4(C)CC[C@H](OC(=O)CC(C)(C)CC(=O)O)C(C)(C)[C@@H]4CC[C@@]3(C)[C@]1(C)CC2. The molecule has 0 heterocycles. The number of hydrogen-bond donors (Lipinski definition) is 1. The molecule has 6 heteroatoms. The van der Waals surface area contributed by atoms with E-state index in [0.29, 0.717) is 49.0 Å². The maximum Gasteiger partial charge on any atom is 0.306 e. The summed E-state index contributed by atoms with van der Waals surface area (Å²) in [5.74, 6) is 4.05. The number of carboxylic acids is 1. The van der Waals surface area contributed by atoms with E-state index >= 15 is 0 Å². The van der Waals surface area contributed by atoms with E-state index in [9.17, 15) is 19.5 Å². The van der Waals surface area contributed by atoms with Crippen LogP contribution in [-0.4, -0.2) is 35.7 Å². The van der Waals surface area contributed by atoms with Crippen molar-refractivity contribution >= 4 is 17.9 Å². The van der Waals surface area contributed by atoms with Gasteiger partial charge in [0.15, 0.2) is 0 Å². The molecule has 5 fully saturated rings. The molecule has 0 spiro atoms. The lowest BCUT2D eigenvalue weighted by Gasteiger charge is -2.73. The van der Waals surface area contributed by atoms with Crippen molar-refractivity contribution < 1.29 is 29.0 Å². The van der Waals surface area contributed by atoms with Gasteiger partial charge in [0.05, 0.1) is 12.8 Å². The summed E-state index contributed by atoms with van der Waals surface area (Å²) in [6, 6.07) is 0. The van der Waals surface area contributed by atoms with Gasteiger partial charge in [0, 0.05) is 18.3 Å². The Morgan fingerprint density at radius 1 is 0.878 bits per heavy atom. The molecule has 0 amide bonds. The number of allylic oxidation sites excluding steroid dienone is 1. The molecule has 274 valence electrons. The minimum Gasteiger partial charge on any atom is -0.481 e. The van der Waals surface area contributed by atoms with Crippen LogP contribution < -0.4 is 0 Å². The number of aliphatic carboxylic acids is 1. The summed E-state index contributed by atoms with van der Waals surface area (Å²) in [5.41, 5.74) is 1.28. The van der Waals surface area contributed by atoms with Crippen LogP contribution in [0.3, 0.4) is 0 Å². The van der Waals surface area contributed by atoms with E-state index in [0.717, 1.165) is 25.7 Å². The van der Waals surface area contributed by atoms with Gasteiger partial charge in [-0.15, -0.1) is 12.3 Å². The highest BCUT2D eigenvalue weighted by Crippen LogP contribution is 2.78. The molecule has 5 aliphatic carbocycles. The van der Waals surface area contributed by atoms with E-state index in [2.05, 4.69) is 54.0 Å². The van der Waals surface area contributed by atoms with Crippen LogP contribution in [0.25, 0.3) is 0 Å². The fraction of sp³-hybridized carbons (Fsp3) is 0.837. The predicted molar refractivity (Wildman–Crippen MR) is 193 cm³/mol. The second-order valence-electron chi connectivity index (χ2n) is 19.5. The van der Waals surface area contributed by atoms with Gasteiger partial charge < -0.3 is 14.6 Å². The molecule has 5 saturated carbocycles. The van der Waals surface area contributed by atoms with Crippen molar-refractivity contribution in [2.24, 2.45) is 62.1 Å². The Kier molecular flexibility index (Phi) is 10.3. The molecule has 0 aromatic carbocycles. The summed E-state index contributed by atoms with van der Waals surface area (Å²) in [7, 11) is 0. The van der Waals surface area contributed by atoms with E-state index in [1.807, 2.05) is 13.8 Å². The third kappa shape index (κ3) is 6.52. The highest BCUT2D eigenvalue weighted by atomic mass is 16.5. The first-order chi connectivity index (χ1) is 22.8. The van der Waals surface area contributed by atoms with Crippen molar-refractivity contribution in [3.8, 4) is 12.3 Å². The zero-order valence-electron chi connectivity index (χ0n) is 32.1. The molecule has 0 saturated heterocycles. The number of carbonyl (C=O) groups is 3. The molecule has 6 nitrogen and oxygen atoms in total. The molecular weight excluding hydrogens is 612 g/mol. The molecule has 0 unspecified atom stereocenters. The standard InChI is InChI=1S/C43H66O6/c1-11-12-25-48-35(46)18-22-43-21-15-29(28(2)3)37(43)30-13-14-32-40(8)19-17-33(49-36(47)27-38(4,5)26-34(44)45)39(6,7)31(40)16-20-42(32,10)41(30,9)23-24-43/h1,29-33,37H,2,12-27H2,3-10H3,(H,44,45)/t29-,30+,31-,32+,33-,37+,40-,41+,42+,43-/m0/s1. The maximum atomic E-state index is 13.2. The van der Waals surface area contributed by atoms with Crippen molar-refractivity contribution in [3.05, 3.63) is 12.2 Å². The molecule has 5 aliphatic rings. The van der Waals surface area contributed by atoms with Crippen molar-refractivity contribution in [3.63, 3.8) is 0 Å². The smallest absolute Gasteiger partial charge is 0.306 e. The topological polar surface area (TPSA) is 89.9 Å². The summed E-state index contributed by atoms with van der Waals surface area (Å²) in [6.07, 6.45) is 18.6. The van der Waals surface area contributed by atoms with Gasteiger partial charge in [-0.1, -0.05) is 60.6 Å². The zero-order chi connectivity index (χ0) is 36.2. The number of terminal acetylenes is 1. The van der Waals surface area contributed by atoms with Crippen LogP contribution in [0.5, 0.6) is 0 Å². The van der Waals surface area contributed by atoms with Gasteiger partial charge in [-0.2, -0.15) is 0 Å². The van der Waals surface area contributed by atoms with Crippen molar-refractivity contribution in [1.29, 1.82) is 0 Å². The third-order valence-corrected chi connectivity index (χ3v) is 16.0. The molecule has 1 N–H and O–H groups in total. The van der Waals surface area contributed by atoms with E-state index < -0.39 is 11.4 Å². The first-order valence-corrected chi connectivity index (χ1v) is 19.4. The number of ether oxygens (including phenoxy) is 2. The predicted octanol–water partition coefficient (Wildman–Crippen LogP) is 9.79. The van der Waals surface area contributed by atoms with Crippen LogP contribution in [0.1, 0.15) is 152 Å². The van der Waals surface area contributed by atoms with Gasteiger partial charge in [0.2, 0.25) is 0 Å². The van der Waals surface area contributed by atoms with Crippen LogP contribution in [-0.2, 0) is 23.9 Å². The molecule has 0 aliphatic heterocycles. The Labute approximate surface area is 297 Å². The Balaban J connectivity index is 1.36. The largest absolute Gasteiger partial charge is 0.481 e. The molecule has 0 aromatic heterocycles. The van der Waals surface area contributed by atoms with Crippen LogP contribution in [0.15, 0.2) is 12.2 Å². The fourth-order valence-electron chi connectivity index (χ4n) is 13.6. The molecule has 0 bridgehead atoms. The van der Waals surface area contributed by atoms with Gasteiger partial charge in [-0.05, 0) is 134 Å². The van der Waals surface area contributed by atoms with Gasteiger partial charge in [-0.3, -0.25) is 14.4 Å². The van der Waals surface area contributed by atoms with E-state index in [-0.39, 0.29) is 58.0 Å². The number of carboxylic acid groups (broad SMARTS) is 1. The fourth-order valence-corrected chi connectivity index (χ4v) is 13.6. The van der Waals surface area contributed by atoms with Crippen LogP contribution >= 0.6 is 0 Å². The quantitative estimate of drug-likeness (QED) is 0.101. The van der Waals surface area contributed by atoms with Crippen LogP contribution in [0, 0.1) is 74.4 Å². The average Bonchev–Trinajstić information content (AvgIpc) is 3.37. The van der Waals surface area contributed by atoms with E-state index in [4.69, 9.17) is 15.9 Å². The highest BCUT2D eigenvalue weighted by Gasteiger charge is 2.71. The number of carbonyl (C=O) groups excluding carboxylic acids is 2. The zero-order valence-corrected chi connectivity index (χ0v) is 32.1. The summed E-state index contributed by atoms with van der Waals surface area (Å²) in [5, 5.41) is 9.32. The van der Waals surface area contributed by atoms with Gasteiger partial charge >= 0.3 is 17.9 Å². The van der Waals surface area contributed by atoms with Gasteiger partial charge in [0.1, 0.15) is 12.7 Å². The summed E-state index contributed by atoms with van der Waals surface area (Å²) in [4.78, 5) is 37.4. The first kappa shape index (κ1) is 38.0. The lowest BCUT2D eigenvalue weighted by Crippen LogP contribution is -2.66. The highest BCUT2D eigenvalue weighted by molar-refractivity contribution is 5.73. The van der Waals surface area contributed by atoms with E-state index in [1.54, 1.807) is 0 Å². The Morgan fingerprint density at radius 2 is 1.59 bits per heavy atom. The average molecular weight is 679 g/mol. The molecule has 10 atom stereocenters. The first-order valence-electron chi connectivity index (χ1n) is 19.4. The van der Waals surface area contributed by atoms with Crippen molar-refractivity contribution in [2.75, 3.05) is 6.61 Å². The normalized spacial score (nSPS) is 40.8. The monoisotopic (exact) mass is 678 g/mol. The van der Waals surface area contributed by atoms with Gasteiger partial charge in [0.25, 0.3) is 0 Å². The Bertz CT molecular complexity index is 1350. The van der Waals surface area contributed by atoms with Crippen LogP contribution in [0.2, 0.25) is 0 Å². The molecule has 49 heavy (non-hydrogen) atoms. The van der Waals surface area contributed by atoms with Crippen molar-refractivity contribution in [2.45, 2.75) is 158 Å². The molecule has 5 rings (SSSR count). The minimum absolute atomic E-state index is 0.0499. The number of hydrogen-bond acceptors (Lipinski definition) is 5. The Morgan fingerprint density at radius 3 is 2.24 bits per heavy atom. The van der Waals surface area contributed by atoms with Gasteiger partial charge in [-0.25, -0.2) is 0 Å². The molecule has 0 radical (unpaired) electrons. The van der Waals surface area contributed by atoms with Crippen LogP contribution in [0.4, 0.5) is 0 Å².